The number of aryl methyl sites for hydroxylation is 2. The highest BCUT2D eigenvalue weighted by molar-refractivity contribution is 5.97. The van der Waals surface area contributed by atoms with Gasteiger partial charge in [0.1, 0.15) is 0 Å². The van der Waals surface area contributed by atoms with Crippen LogP contribution in [0.25, 0.3) is 0 Å². The summed E-state index contributed by atoms with van der Waals surface area (Å²) in [4.78, 5) is 29.3. The van der Waals surface area contributed by atoms with Gasteiger partial charge in [0, 0.05) is 44.2 Å². The molecule has 3 atom stereocenters. The highest BCUT2D eigenvalue weighted by atomic mass is 16.2. The molecule has 2 aliphatic rings. The molecule has 0 aromatic heterocycles. The monoisotopic (exact) mass is 391 g/mol. The Kier molecular flexibility index (Phi) is 5.41. The van der Waals surface area contributed by atoms with Gasteiger partial charge in [-0.2, -0.15) is 0 Å². The third kappa shape index (κ3) is 3.92. The van der Waals surface area contributed by atoms with Crippen molar-refractivity contribution in [1.29, 1.82) is 0 Å². The molecule has 2 aromatic carbocycles. The van der Waals surface area contributed by atoms with Crippen LogP contribution in [-0.2, 0) is 4.79 Å². The van der Waals surface area contributed by atoms with E-state index in [1.54, 1.807) is 0 Å². The van der Waals surface area contributed by atoms with Gasteiger partial charge in [0.15, 0.2) is 0 Å². The summed E-state index contributed by atoms with van der Waals surface area (Å²) in [6.07, 6.45) is 0.328. The third-order valence-electron chi connectivity index (χ3n) is 6.52. The van der Waals surface area contributed by atoms with E-state index in [1.165, 1.54) is 0 Å². The van der Waals surface area contributed by atoms with Gasteiger partial charge in [0.25, 0.3) is 5.91 Å². The first-order valence-electron chi connectivity index (χ1n) is 10.4. The molecule has 2 fully saturated rings. The average Bonchev–Trinajstić information content (AvgIpc) is 3.25. The zero-order chi connectivity index (χ0) is 20.5. The zero-order valence-corrected chi connectivity index (χ0v) is 17.2. The second-order valence-electron chi connectivity index (χ2n) is 8.55. The van der Waals surface area contributed by atoms with Crippen LogP contribution in [0.5, 0.6) is 0 Å². The number of fused-ring (bicyclic) bond motifs is 1. The maximum atomic E-state index is 13.2. The number of hydrogen-bond donors (Lipinski definition) is 1. The number of amides is 2. The van der Waals surface area contributed by atoms with E-state index in [4.69, 9.17) is 5.73 Å². The number of carbonyl (C=O) groups is 2. The molecule has 3 unspecified atom stereocenters. The van der Waals surface area contributed by atoms with Crippen LogP contribution >= 0.6 is 0 Å². The minimum absolute atomic E-state index is 0.0158. The molecule has 152 valence electrons. The normalized spacial score (nSPS) is 22.5. The van der Waals surface area contributed by atoms with Crippen molar-refractivity contribution < 1.29 is 9.59 Å². The van der Waals surface area contributed by atoms with Gasteiger partial charge in [-0.05, 0) is 42.4 Å². The lowest BCUT2D eigenvalue weighted by atomic mass is 10.0. The molecule has 2 saturated heterocycles. The van der Waals surface area contributed by atoms with Crippen LogP contribution in [0.2, 0.25) is 0 Å². The Bertz CT molecular complexity index is 877. The molecule has 2 aromatic rings. The molecule has 2 aliphatic heterocycles. The zero-order valence-electron chi connectivity index (χ0n) is 17.2. The fourth-order valence-corrected chi connectivity index (χ4v) is 5.08. The molecule has 2 heterocycles. The SMILES string of the molecule is Cc1cccc(C)c1C(=O)N1CC2CN(C(CC(N)=O)c3ccccc3)CC2C1. The smallest absolute Gasteiger partial charge is 0.254 e. The maximum absolute atomic E-state index is 13.2. The first-order valence-corrected chi connectivity index (χ1v) is 10.4. The summed E-state index contributed by atoms with van der Waals surface area (Å²) in [6, 6.07) is 16.2. The van der Waals surface area contributed by atoms with E-state index in [0.717, 1.165) is 48.4 Å². The van der Waals surface area contributed by atoms with Gasteiger partial charge < -0.3 is 10.6 Å². The first kappa shape index (κ1) is 19.6. The molecular formula is C24H29N3O2. The van der Waals surface area contributed by atoms with Crippen LogP contribution in [0.1, 0.15) is 39.5 Å². The fraction of sp³-hybridized carbons (Fsp3) is 0.417. The van der Waals surface area contributed by atoms with Crippen molar-refractivity contribution in [2.45, 2.75) is 26.3 Å². The molecule has 29 heavy (non-hydrogen) atoms. The van der Waals surface area contributed by atoms with Gasteiger partial charge in [0.2, 0.25) is 5.91 Å². The minimum Gasteiger partial charge on any atom is -0.370 e. The van der Waals surface area contributed by atoms with Crippen molar-refractivity contribution in [3.63, 3.8) is 0 Å². The Hall–Kier alpha value is -2.66. The molecule has 0 bridgehead atoms. The Morgan fingerprint density at radius 3 is 2.07 bits per heavy atom. The fourth-order valence-electron chi connectivity index (χ4n) is 5.08. The number of nitrogens with zero attached hydrogens (tertiary/aromatic N) is 2. The number of carbonyl (C=O) groups excluding carboxylic acids is 2. The third-order valence-corrected chi connectivity index (χ3v) is 6.52. The van der Waals surface area contributed by atoms with Crippen molar-refractivity contribution in [3.05, 3.63) is 70.8 Å². The van der Waals surface area contributed by atoms with Gasteiger partial charge in [-0.25, -0.2) is 0 Å². The van der Waals surface area contributed by atoms with Gasteiger partial charge in [0.05, 0.1) is 0 Å². The minimum atomic E-state index is -0.275. The van der Waals surface area contributed by atoms with Crippen molar-refractivity contribution in [3.8, 4) is 0 Å². The second kappa shape index (κ2) is 7.99. The lowest BCUT2D eigenvalue weighted by Crippen LogP contribution is -2.36. The number of rotatable bonds is 5. The molecular weight excluding hydrogens is 362 g/mol. The highest BCUT2D eigenvalue weighted by Gasteiger charge is 2.44. The topological polar surface area (TPSA) is 66.6 Å². The van der Waals surface area contributed by atoms with Crippen molar-refractivity contribution in [2.24, 2.45) is 17.6 Å². The van der Waals surface area contributed by atoms with Gasteiger partial charge >= 0.3 is 0 Å². The quantitative estimate of drug-likeness (QED) is 0.852. The van der Waals surface area contributed by atoms with E-state index >= 15 is 0 Å². The van der Waals surface area contributed by atoms with Crippen LogP contribution in [-0.4, -0.2) is 47.8 Å². The molecule has 5 nitrogen and oxygen atoms in total. The summed E-state index contributed by atoms with van der Waals surface area (Å²) in [5, 5.41) is 0. The van der Waals surface area contributed by atoms with E-state index in [2.05, 4.69) is 17.0 Å². The highest BCUT2D eigenvalue weighted by Crippen LogP contribution is 2.37. The Balaban J connectivity index is 1.47. The summed E-state index contributed by atoms with van der Waals surface area (Å²) >= 11 is 0. The number of benzene rings is 2. The summed E-state index contributed by atoms with van der Waals surface area (Å²) in [5.41, 5.74) is 9.61. The number of likely N-dealkylation sites (tertiary alicyclic amines) is 2. The summed E-state index contributed by atoms with van der Waals surface area (Å²) in [6.45, 7) is 7.38. The van der Waals surface area contributed by atoms with Crippen molar-refractivity contribution in [1.82, 2.24) is 9.80 Å². The van der Waals surface area contributed by atoms with E-state index in [9.17, 15) is 9.59 Å². The maximum Gasteiger partial charge on any atom is 0.254 e. The van der Waals surface area contributed by atoms with Crippen LogP contribution in [0.4, 0.5) is 0 Å². The average molecular weight is 392 g/mol. The molecule has 4 rings (SSSR count). The van der Waals surface area contributed by atoms with E-state index < -0.39 is 0 Å². The van der Waals surface area contributed by atoms with Gasteiger partial charge in [-0.15, -0.1) is 0 Å². The van der Waals surface area contributed by atoms with Crippen LogP contribution in [0.3, 0.4) is 0 Å². The number of nitrogens with two attached hydrogens (primary N) is 1. The predicted octanol–water partition coefficient (Wildman–Crippen LogP) is 2.92. The molecule has 0 spiro atoms. The van der Waals surface area contributed by atoms with Crippen LogP contribution in [0.15, 0.2) is 48.5 Å². The number of primary amides is 1. The van der Waals surface area contributed by atoms with E-state index in [1.807, 2.05) is 55.1 Å². The van der Waals surface area contributed by atoms with E-state index in [-0.39, 0.29) is 17.9 Å². The van der Waals surface area contributed by atoms with Gasteiger partial charge in [-0.1, -0.05) is 48.5 Å². The molecule has 0 saturated carbocycles. The summed E-state index contributed by atoms with van der Waals surface area (Å²) in [5.74, 6) is 0.769. The lowest BCUT2D eigenvalue weighted by Gasteiger charge is -2.29. The summed E-state index contributed by atoms with van der Waals surface area (Å²) in [7, 11) is 0. The standard InChI is InChI=1S/C24H29N3O2/c1-16-7-6-8-17(2)23(16)24(29)27-14-19-12-26(13-20(19)15-27)21(11-22(25)28)18-9-4-3-5-10-18/h3-10,19-21H,11-15H2,1-2H3,(H2,25,28). The summed E-state index contributed by atoms with van der Waals surface area (Å²) < 4.78 is 0. The van der Waals surface area contributed by atoms with Crippen LogP contribution < -0.4 is 5.73 Å². The van der Waals surface area contributed by atoms with E-state index in [0.29, 0.717) is 18.3 Å². The van der Waals surface area contributed by atoms with Crippen molar-refractivity contribution >= 4 is 11.8 Å². The van der Waals surface area contributed by atoms with Gasteiger partial charge in [-0.3, -0.25) is 14.5 Å². The first-order chi connectivity index (χ1) is 13.9. The molecule has 0 radical (unpaired) electrons. The van der Waals surface area contributed by atoms with Crippen LogP contribution in [0, 0.1) is 25.7 Å². The Morgan fingerprint density at radius 2 is 1.52 bits per heavy atom. The molecule has 2 N–H and O–H groups in total. The number of hydrogen-bond acceptors (Lipinski definition) is 3. The largest absolute Gasteiger partial charge is 0.370 e. The molecule has 5 heteroatoms. The Morgan fingerprint density at radius 1 is 0.931 bits per heavy atom. The van der Waals surface area contributed by atoms with Crippen molar-refractivity contribution in [2.75, 3.05) is 26.2 Å². The second-order valence-corrected chi connectivity index (χ2v) is 8.55. The predicted molar refractivity (Wildman–Crippen MR) is 113 cm³/mol. The lowest BCUT2D eigenvalue weighted by molar-refractivity contribution is -0.119. The molecule has 2 amide bonds. The molecule has 0 aliphatic carbocycles. The Labute approximate surface area is 172 Å².